The Morgan fingerprint density at radius 2 is 1.96 bits per heavy atom. The van der Waals surface area contributed by atoms with Crippen molar-refractivity contribution in [1.82, 2.24) is 9.62 Å². The van der Waals surface area contributed by atoms with E-state index in [0.29, 0.717) is 0 Å². The normalized spacial score (nSPS) is 12.5. The molecule has 0 aliphatic carbocycles. The van der Waals surface area contributed by atoms with Crippen LogP contribution in [-0.2, 0) is 24.3 Å². The number of likely N-dealkylation sites (N-methyl/N-ethyl adjacent to an activating group) is 1. The van der Waals surface area contributed by atoms with Crippen LogP contribution >= 0.6 is 0 Å². The number of ether oxygens (including phenoxy) is 1. The lowest BCUT2D eigenvalue weighted by atomic mass is 10.3. The summed E-state index contributed by atoms with van der Waals surface area (Å²) in [4.78, 5) is 23.2. The van der Waals surface area contributed by atoms with Crippen LogP contribution in [0.4, 0.5) is 4.39 Å². The van der Waals surface area contributed by atoms with Crippen LogP contribution in [0.1, 0.15) is 6.92 Å². The summed E-state index contributed by atoms with van der Waals surface area (Å²) in [5.74, 6) is -1.98. The maximum absolute atomic E-state index is 12.9. The van der Waals surface area contributed by atoms with Crippen LogP contribution in [0.3, 0.4) is 0 Å². The van der Waals surface area contributed by atoms with Crippen LogP contribution in [0.15, 0.2) is 41.8 Å². The van der Waals surface area contributed by atoms with Crippen molar-refractivity contribution in [1.29, 1.82) is 0 Å². The molecule has 1 aromatic carbocycles. The van der Waals surface area contributed by atoms with Crippen molar-refractivity contribution in [3.8, 4) is 0 Å². The van der Waals surface area contributed by atoms with Gasteiger partial charge in [-0.25, -0.2) is 12.8 Å². The number of hydrogen-bond acceptors (Lipinski definition) is 5. The molecule has 0 bridgehead atoms. The zero-order chi connectivity index (χ0) is 18.3. The number of nitrogens with zero attached hydrogens (tertiary/aromatic N) is 1. The first-order valence-electron chi connectivity index (χ1n) is 6.98. The maximum Gasteiger partial charge on any atom is 0.322 e. The van der Waals surface area contributed by atoms with E-state index in [1.807, 2.05) is 0 Å². The third-order valence-corrected chi connectivity index (χ3v) is 4.79. The van der Waals surface area contributed by atoms with E-state index in [1.165, 1.54) is 20.0 Å². The molecule has 1 atom stereocenters. The van der Waals surface area contributed by atoms with Gasteiger partial charge in [0.1, 0.15) is 12.4 Å². The van der Waals surface area contributed by atoms with Crippen LogP contribution in [0, 0.1) is 5.82 Å². The Morgan fingerprint density at radius 3 is 2.50 bits per heavy atom. The number of halogens is 1. The van der Waals surface area contributed by atoms with Gasteiger partial charge in [-0.3, -0.25) is 9.59 Å². The van der Waals surface area contributed by atoms with Crippen molar-refractivity contribution in [2.45, 2.75) is 17.9 Å². The Morgan fingerprint density at radius 1 is 1.38 bits per heavy atom. The van der Waals surface area contributed by atoms with E-state index >= 15 is 0 Å². The largest absolute Gasteiger partial charge is 0.452 e. The van der Waals surface area contributed by atoms with E-state index in [1.54, 1.807) is 0 Å². The number of amides is 1. The number of carbonyl (C=O) groups excluding carboxylic acids is 2. The summed E-state index contributed by atoms with van der Waals surface area (Å²) in [6.45, 7) is 4.44. The topological polar surface area (TPSA) is 92.8 Å². The highest BCUT2D eigenvalue weighted by molar-refractivity contribution is 7.89. The van der Waals surface area contributed by atoms with Gasteiger partial charge >= 0.3 is 5.97 Å². The van der Waals surface area contributed by atoms with Crippen LogP contribution in [0.25, 0.3) is 0 Å². The Bertz CT molecular complexity index is 703. The van der Waals surface area contributed by atoms with E-state index in [0.717, 1.165) is 28.6 Å². The Balaban J connectivity index is 2.67. The second kappa shape index (κ2) is 8.55. The van der Waals surface area contributed by atoms with Crippen LogP contribution < -0.4 is 5.32 Å². The lowest BCUT2D eigenvalue weighted by Crippen LogP contribution is -2.39. The van der Waals surface area contributed by atoms with Gasteiger partial charge in [0, 0.05) is 13.6 Å². The van der Waals surface area contributed by atoms with E-state index in [2.05, 4.69) is 11.9 Å². The average molecular weight is 358 g/mol. The average Bonchev–Trinajstić information content (AvgIpc) is 2.52. The summed E-state index contributed by atoms with van der Waals surface area (Å²) in [5, 5.41) is 2.45. The predicted molar refractivity (Wildman–Crippen MR) is 85.0 cm³/mol. The molecule has 0 fully saturated rings. The molecule has 0 aliphatic rings. The first-order valence-corrected chi connectivity index (χ1v) is 8.42. The Hall–Kier alpha value is -2.26. The van der Waals surface area contributed by atoms with Crippen molar-refractivity contribution in [2.24, 2.45) is 0 Å². The molecule has 0 saturated heterocycles. The molecule has 0 spiro atoms. The van der Waals surface area contributed by atoms with Gasteiger partial charge in [-0.1, -0.05) is 6.08 Å². The van der Waals surface area contributed by atoms with Gasteiger partial charge in [0.15, 0.2) is 6.10 Å². The fourth-order valence-corrected chi connectivity index (χ4v) is 2.77. The van der Waals surface area contributed by atoms with E-state index in [9.17, 15) is 22.4 Å². The lowest BCUT2D eigenvalue weighted by Gasteiger charge is -2.18. The molecule has 1 N–H and O–H groups in total. The number of hydrogen-bond donors (Lipinski definition) is 1. The van der Waals surface area contributed by atoms with E-state index < -0.39 is 40.4 Å². The summed E-state index contributed by atoms with van der Waals surface area (Å²) in [5.41, 5.74) is 0. The minimum absolute atomic E-state index is 0.157. The molecule has 24 heavy (non-hydrogen) atoms. The van der Waals surface area contributed by atoms with Gasteiger partial charge < -0.3 is 10.1 Å². The maximum atomic E-state index is 12.9. The third-order valence-electron chi connectivity index (χ3n) is 2.97. The highest BCUT2D eigenvalue weighted by Gasteiger charge is 2.25. The van der Waals surface area contributed by atoms with Crippen molar-refractivity contribution < 1.29 is 27.1 Å². The van der Waals surface area contributed by atoms with E-state index in [4.69, 9.17) is 4.74 Å². The second-order valence-corrected chi connectivity index (χ2v) is 6.93. The molecule has 132 valence electrons. The van der Waals surface area contributed by atoms with Gasteiger partial charge in [-0.05, 0) is 31.2 Å². The minimum Gasteiger partial charge on any atom is -0.452 e. The monoisotopic (exact) mass is 358 g/mol. The highest BCUT2D eigenvalue weighted by Crippen LogP contribution is 2.14. The van der Waals surface area contributed by atoms with Crippen LogP contribution in [0.2, 0.25) is 0 Å². The molecule has 1 rings (SSSR count). The first kappa shape index (κ1) is 19.8. The van der Waals surface area contributed by atoms with Crippen molar-refractivity contribution in [3.05, 3.63) is 42.7 Å². The molecule has 0 aromatic heterocycles. The first-order chi connectivity index (χ1) is 11.2. The Kier molecular flexibility index (Phi) is 7.05. The highest BCUT2D eigenvalue weighted by atomic mass is 32.2. The molecule has 1 unspecified atom stereocenters. The smallest absolute Gasteiger partial charge is 0.322 e. The zero-order valence-electron chi connectivity index (χ0n) is 13.4. The number of nitrogens with one attached hydrogen (secondary N) is 1. The molecule has 9 heteroatoms. The summed E-state index contributed by atoms with van der Waals surface area (Å²) >= 11 is 0. The molecule has 7 nitrogen and oxygen atoms in total. The molecule has 0 aliphatic heterocycles. The minimum atomic E-state index is -3.97. The molecular formula is C15H19FN2O5S. The van der Waals surface area contributed by atoms with Crippen LogP contribution in [0.5, 0.6) is 0 Å². The molecule has 1 aromatic rings. The SMILES string of the molecule is C=CCNC(=O)C(C)OC(=O)CN(C)S(=O)(=O)c1ccc(F)cc1. The quantitative estimate of drug-likeness (QED) is 0.545. The number of benzene rings is 1. The summed E-state index contributed by atoms with van der Waals surface area (Å²) < 4.78 is 43.0. The van der Waals surface area contributed by atoms with Crippen molar-refractivity contribution in [2.75, 3.05) is 20.1 Å². The summed E-state index contributed by atoms with van der Waals surface area (Å²) in [7, 11) is -2.79. The lowest BCUT2D eigenvalue weighted by molar-refractivity contribution is -0.154. The molecule has 0 heterocycles. The fraction of sp³-hybridized carbons (Fsp3) is 0.333. The molecular weight excluding hydrogens is 339 g/mol. The number of carbonyl (C=O) groups is 2. The van der Waals surface area contributed by atoms with E-state index in [-0.39, 0.29) is 11.4 Å². The summed E-state index contributed by atoms with van der Waals surface area (Å²) in [6.07, 6.45) is 0.398. The Labute approximate surface area is 140 Å². The van der Waals surface area contributed by atoms with Crippen molar-refractivity contribution >= 4 is 21.9 Å². The predicted octanol–water partition coefficient (Wildman–Crippen LogP) is 0.680. The van der Waals surface area contributed by atoms with Crippen LogP contribution in [-0.4, -0.2) is 50.8 Å². The standard InChI is InChI=1S/C15H19FN2O5S/c1-4-9-17-15(20)11(2)23-14(19)10-18(3)24(21,22)13-7-5-12(16)6-8-13/h4-8,11H,1,9-10H2,2-3H3,(H,17,20). The van der Waals surface area contributed by atoms with Gasteiger partial charge in [0.25, 0.3) is 5.91 Å². The zero-order valence-corrected chi connectivity index (χ0v) is 14.2. The van der Waals surface area contributed by atoms with Gasteiger partial charge in [-0.2, -0.15) is 4.31 Å². The van der Waals surface area contributed by atoms with Gasteiger partial charge in [0.2, 0.25) is 10.0 Å². The van der Waals surface area contributed by atoms with Gasteiger partial charge in [0.05, 0.1) is 4.90 Å². The number of rotatable bonds is 8. The number of sulfonamides is 1. The molecule has 0 radical (unpaired) electrons. The number of esters is 1. The molecule has 1 amide bonds. The fourth-order valence-electron chi connectivity index (χ4n) is 1.66. The molecule has 0 saturated carbocycles. The second-order valence-electron chi connectivity index (χ2n) is 4.88. The van der Waals surface area contributed by atoms with Crippen molar-refractivity contribution in [3.63, 3.8) is 0 Å². The van der Waals surface area contributed by atoms with Gasteiger partial charge in [-0.15, -0.1) is 6.58 Å². The summed E-state index contributed by atoms with van der Waals surface area (Å²) in [6, 6.07) is 4.20. The third kappa shape index (κ3) is 5.43.